The third kappa shape index (κ3) is 7.16. The first-order chi connectivity index (χ1) is 21.2. The number of hydrogen-bond donors (Lipinski definition) is 2. The van der Waals surface area contributed by atoms with E-state index in [0.29, 0.717) is 35.6 Å². The lowest BCUT2D eigenvalue weighted by Gasteiger charge is -2.44. The molecular weight excluding hydrogens is 573 g/mol. The van der Waals surface area contributed by atoms with E-state index in [0.717, 1.165) is 44.9 Å². The molecular formula is C31H35F3N8O2. The molecule has 1 atom stereocenters. The van der Waals surface area contributed by atoms with Crippen molar-refractivity contribution < 1.29 is 22.7 Å². The Balaban J connectivity index is 1.38. The summed E-state index contributed by atoms with van der Waals surface area (Å²) in [5.41, 5.74) is 1.27. The molecule has 0 spiro atoms. The maximum atomic E-state index is 13.5. The van der Waals surface area contributed by atoms with Crippen molar-refractivity contribution in [3.8, 4) is 5.75 Å². The Hall–Kier alpha value is -4.52. The number of aryl methyl sites for hydroxylation is 1. The van der Waals surface area contributed by atoms with Crippen molar-refractivity contribution in [2.45, 2.75) is 44.8 Å². The number of benzene rings is 2. The van der Waals surface area contributed by atoms with Gasteiger partial charge in [0.1, 0.15) is 12.1 Å². The summed E-state index contributed by atoms with van der Waals surface area (Å²) in [6, 6.07) is 8.82. The van der Waals surface area contributed by atoms with Gasteiger partial charge in [-0.1, -0.05) is 12.5 Å². The van der Waals surface area contributed by atoms with Crippen LogP contribution in [-0.2, 0) is 6.18 Å². The molecule has 2 fully saturated rings. The van der Waals surface area contributed by atoms with Crippen molar-refractivity contribution >= 4 is 42.5 Å². The number of methoxy groups -OCH3 is 1. The molecule has 0 aromatic heterocycles. The highest BCUT2D eigenvalue weighted by Gasteiger charge is 2.35. The molecule has 10 nitrogen and oxygen atoms in total. The van der Waals surface area contributed by atoms with Gasteiger partial charge in [0, 0.05) is 55.2 Å². The SMILES string of the molecule is C=N/C=N\C(Nc1cc(C(=O)Nc2ccc(OC)c(C(F)(F)F)c2)ccc1C)=C1/CC=NC(N2CCN3CCCCC3C2)=N1. The van der Waals surface area contributed by atoms with Crippen molar-refractivity contribution in [1.82, 2.24) is 9.80 Å². The molecule has 0 radical (unpaired) electrons. The Morgan fingerprint density at radius 2 is 1.98 bits per heavy atom. The van der Waals surface area contributed by atoms with Crippen LogP contribution in [0.1, 0.15) is 47.2 Å². The summed E-state index contributed by atoms with van der Waals surface area (Å²) >= 11 is 0. The standard InChI is InChI=1S/C31H35F3N8O2/c1-20-7-8-21(29(43)38-22-9-10-27(44-3)24(17-22)31(32,33)34)16-26(20)39-28(37-19-35-2)25-11-12-36-30(40-25)42-15-14-41-13-5-4-6-23(41)18-42/h7-10,12,16-17,19,23,39H,2,4-6,11,13-15,18H2,1,3H3,(H,38,43)/b28-25-,37-19-. The molecule has 232 valence electrons. The zero-order valence-electron chi connectivity index (χ0n) is 24.7. The monoisotopic (exact) mass is 608 g/mol. The van der Waals surface area contributed by atoms with Crippen molar-refractivity contribution in [3.63, 3.8) is 0 Å². The fourth-order valence-electron chi connectivity index (χ4n) is 5.56. The van der Waals surface area contributed by atoms with Crippen LogP contribution in [0.4, 0.5) is 24.5 Å². The molecule has 3 aliphatic rings. The first-order valence-electron chi connectivity index (χ1n) is 14.4. The molecule has 5 rings (SSSR count). The van der Waals surface area contributed by atoms with E-state index in [9.17, 15) is 18.0 Å². The molecule has 3 heterocycles. The Morgan fingerprint density at radius 1 is 1.14 bits per heavy atom. The van der Waals surface area contributed by atoms with Crippen LogP contribution >= 0.6 is 0 Å². The second-order valence-electron chi connectivity index (χ2n) is 10.8. The molecule has 44 heavy (non-hydrogen) atoms. The van der Waals surface area contributed by atoms with Crippen LogP contribution in [0.3, 0.4) is 0 Å². The molecule has 0 bridgehead atoms. The average molecular weight is 609 g/mol. The number of piperazine rings is 1. The smallest absolute Gasteiger partial charge is 0.420 e. The van der Waals surface area contributed by atoms with Crippen LogP contribution in [0.25, 0.3) is 0 Å². The van der Waals surface area contributed by atoms with Gasteiger partial charge < -0.3 is 20.3 Å². The number of rotatable bonds is 7. The van der Waals surface area contributed by atoms with Gasteiger partial charge in [0.05, 0.1) is 18.4 Å². The normalized spacial score (nSPS) is 20.2. The minimum absolute atomic E-state index is 0.0138. The zero-order valence-corrected chi connectivity index (χ0v) is 24.7. The summed E-state index contributed by atoms with van der Waals surface area (Å²) < 4.78 is 45.3. The van der Waals surface area contributed by atoms with Gasteiger partial charge in [-0.25, -0.2) is 15.0 Å². The number of allylic oxidation sites excluding steroid dienone is 1. The van der Waals surface area contributed by atoms with Crippen LogP contribution in [0, 0.1) is 6.92 Å². The van der Waals surface area contributed by atoms with Gasteiger partial charge in [-0.15, -0.1) is 0 Å². The van der Waals surface area contributed by atoms with E-state index in [1.165, 1.54) is 37.7 Å². The maximum absolute atomic E-state index is 13.5. The molecule has 0 aliphatic carbocycles. The van der Waals surface area contributed by atoms with Crippen LogP contribution in [-0.4, -0.2) is 80.3 Å². The summed E-state index contributed by atoms with van der Waals surface area (Å²) in [7, 11) is 1.16. The van der Waals surface area contributed by atoms with E-state index in [-0.39, 0.29) is 17.0 Å². The number of carbonyl (C=O) groups excluding carboxylic acids is 1. The topological polar surface area (TPSA) is 106 Å². The van der Waals surface area contributed by atoms with Gasteiger partial charge in [0.25, 0.3) is 5.91 Å². The van der Waals surface area contributed by atoms with E-state index in [2.05, 4.69) is 42.1 Å². The van der Waals surface area contributed by atoms with Crippen LogP contribution < -0.4 is 15.4 Å². The first kappa shape index (κ1) is 30.9. The van der Waals surface area contributed by atoms with Crippen LogP contribution in [0.2, 0.25) is 0 Å². The summed E-state index contributed by atoms with van der Waals surface area (Å²) in [6.45, 7) is 9.18. The van der Waals surface area contributed by atoms with Gasteiger partial charge in [-0.2, -0.15) is 13.2 Å². The molecule has 13 heteroatoms. The second kappa shape index (κ2) is 13.4. The number of hydrogen-bond acceptors (Lipinski definition) is 8. The Bertz CT molecular complexity index is 1530. The molecule has 2 aromatic carbocycles. The van der Waals surface area contributed by atoms with E-state index >= 15 is 0 Å². The Morgan fingerprint density at radius 3 is 2.75 bits per heavy atom. The zero-order chi connectivity index (χ0) is 31.3. The lowest BCUT2D eigenvalue weighted by molar-refractivity contribution is -0.138. The van der Waals surface area contributed by atoms with E-state index in [1.54, 1.807) is 18.2 Å². The number of alkyl halides is 3. The summed E-state index contributed by atoms with van der Waals surface area (Å²) in [6.07, 6.45) is 2.56. The minimum Gasteiger partial charge on any atom is -0.496 e. The minimum atomic E-state index is -4.64. The fourth-order valence-corrected chi connectivity index (χ4v) is 5.56. The largest absolute Gasteiger partial charge is 0.496 e. The quantitative estimate of drug-likeness (QED) is 0.315. The lowest BCUT2D eigenvalue weighted by atomic mass is 10.00. The van der Waals surface area contributed by atoms with Gasteiger partial charge in [0.2, 0.25) is 5.96 Å². The molecule has 2 N–H and O–H groups in total. The van der Waals surface area contributed by atoms with Crippen molar-refractivity contribution in [2.24, 2.45) is 20.0 Å². The van der Waals surface area contributed by atoms with Crippen molar-refractivity contribution in [2.75, 3.05) is 43.9 Å². The van der Waals surface area contributed by atoms with Gasteiger partial charge in [0.15, 0.2) is 5.82 Å². The fraction of sp³-hybridized carbons (Fsp3) is 0.387. The number of ether oxygens (including phenoxy) is 1. The third-order valence-corrected chi connectivity index (χ3v) is 7.90. The van der Waals surface area contributed by atoms with Crippen molar-refractivity contribution in [3.05, 3.63) is 64.6 Å². The predicted molar refractivity (Wildman–Crippen MR) is 167 cm³/mol. The molecule has 0 saturated carbocycles. The number of anilines is 2. The predicted octanol–water partition coefficient (Wildman–Crippen LogP) is 5.59. The van der Waals surface area contributed by atoms with Crippen LogP contribution in [0.15, 0.2) is 67.9 Å². The highest BCUT2D eigenvalue weighted by Crippen LogP contribution is 2.38. The van der Waals surface area contributed by atoms with E-state index in [1.807, 2.05) is 13.1 Å². The average Bonchev–Trinajstić information content (AvgIpc) is 3.03. The number of amides is 1. The number of piperidine rings is 1. The number of nitrogens with zero attached hydrogens (tertiary/aromatic N) is 6. The van der Waals surface area contributed by atoms with Gasteiger partial charge >= 0.3 is 6.18 Å². The molecule has 1 unspecified atom stereocenters. The first-order valence-corrected chi connectivity index (χ1v) is 14.4. The van der Waals surface area contributed by atoms with Crippen molar-refractivity contribution in [1.29, 1.82) is 0 Å². The highest BCUT2D eigenvalue weighted by atomic mass is 19.4. The molecule has 2 aromatic rings. The van der Waals surface area contributed by atoms with Gasteiger partial charge in [-0.3, -0.25) is 14.7 Å². The number of carbonyl (C=O) groups is 1. The summed E-state index contributed by atoms with van der Waals surface area (Å²) in [5.74, 6) is 0.147. The Kier molecular flexibility index (Phi) is 9.43. The van der Waals surface area contributed by atoms with Gasteiger partial charge in [-0.05, 0) is 68.9 Å². The maximum Gasteiger partial charge on any atom is 0.420 e. The summed E-state index contributed by atoms with van der Waals surface area (Å²) in [4.78, 5) is 35.5. The van der Waals surface area contributed by atoms with E-state index in [4.69, 9.17) is 9.73 Å². The number of guanidine groups is 1. The lowest BCUT2D eigenvalue weighted by Crippen LogP contribution is -2.56. The van der Waals surface area contributed by atoms with Crippen LogP contribution in [0.5, 0.6) is 5.75 Å². The second-order valence-corrected chi connectivity index (χ2v) is 10.8. The number of nitrogens with one attached hydrogen (secondary N) is 2. The highest BCUT2D eigenvalue weighted by molar-refractivity contribution is 6.05. The Labute approximate surface area is 254 Å². The number of fused-ring (bicyclic) bond motifs is 1. The number of aliphatic imine (C=N–C) groups is 4. The number of halogens is 3. The molecule has 3 aliphatic heterocycles. The molecule has 1 amide bonds. The third-order valence-electron chi connectivity index (χ3n) is 7.90. The van der Waals surface area contributed by atoms with E-state index < -0.39 is 17.6 Å². The molecule has 2 saturated heterocycles. The summed E-state index contributed by atoms with van der Waals surface area (Å²) in [5, 5.41) is 5.82.